The number of H-pyrrole nitrogens is 5. The molecule has 3 aliphatic rings. The Labute approximate surface area is 721 Å². The van der Waals surface area contributed by atoms with Gasteiger partial charge in [0.2, 0.25) is 0 Å². The minimum Gasteiger partial charge on any atom is -0.356 e. The normalized spacial score (nSPS) is 13.9. The number of aromatic nitrogens is 20. The maximum absolute atomic E-state index is 13.5. The average molecular weight is 1690 g/mol. The van der Waals surface area contributed by atoms with Gasteiger partial charge < -0.3 is 49.2 Å². The third kappa shape index (κ3) is 18.7. The van der Waals surface area contributed by atoms with Crippen LogP contribution in [0, 0.1) is 23.1 Å². The molecule has 126 heavy (non-hydrogen) atoms. The first kappa shape index (κ1) is 81.1. The van der Waals surface area contributed by atoms with Crippen molar-refractivity contribution in [3.63, 3.8) is 0 Å². The first-order valence-electron chi connectivity index (χ1n) is 43.5. The van der Waals surface area contributed by atoms with Crippen LogP contribution in [0.1, 0.15) is 152 Å². The van der Waals surface area contributed by atoms with Crippen molar-refractivity contribution in [1.82, 2.24) is 107 Å². The molecule has 640 valence electrons. The number of nitrogens with one attached hydrogen (secondary N) is 10. The van der Waals surface area contributed by atoms with E-state index < -0.39 is 5.82 Å². The second-order valence-corrected chi connectivity index (χ2v) is 33.9. The molecule has 0 spiro atoms. The van der Waals surface area contributed by atoms with Gasteiger partial charge in [-0.25, -0.2) is 9.37 Å². The summed E-state index contributed by atoms with van der Waals surface area (Å²) in [5.41, 5.74) is 21.2. The Balaban J connectivity index is 0.000000103. The second-order valence-electron chi connectivity index (χ2n) is 33.9. The lowest BCUT2D eigenvalue weighted by Crippen LogP contribution is -2.18. The van der Waals surface area contributed by atoms with Crippen molar-refractivity contribution < 1.29 is 27.0 Å². The van der Waals surface area contributed by atoms with Gasteiger partial charge in [-0.3, -0.25) is 50.3 Å². The monoisotopic (exact) mass is 1690 g/mol. The van der Waals surface area contributed by atoms with E-state index in [-0.39, 0.29) is 0 Å². The summed E-state index contributed by atoms with van der Waals surface area (Å²) in [6.07, 6.45) is 31.0. The van der Waals surface area contributed by atoms with Gasteiger partial charge in [0.05, 0.1) is 56.4 Å². The zero-order valence-corrected chi connectivity index (χ0v) is 70.5. The summed E-state index contributed by atoms with van der Waals surface area (Å²) >= 11 is 0. The fraction of sp³-hybridized carbons (Fsp3) is 0.309. The highest BCUT2D eigenvalue weighted by atomic mass is 19.1. The third-order valence-electron chi connectivity index (χ3n) is 23.6. The SMILES string of the molecule is CC(C)(C)CCCc1noc2cc(Nc3n[nH]c4cccnc34)ccc12.CCCCc1noc2cc(Nc3n[nH]c4cccnc34)ccc12.Fc1cnc2n[nH]c(Nc3ccc4c(CC5CCCCC5)noc4c3)c2c1.c1cnc2c(Nc3ccc4c(CCC5CCC5)noc4c3)n[nH]c2c1.c1cnc2c(Nc3ccc4c(CN5CCCC5)noc4c3)n[nH]c2c1. The molecule has 0 radical (unpaired) electrons. The van der Waals surface area contributed by atoms with Crippen LogP contribution in [0.4, 0.5) is 61.9 Å². The molecule has 15 aromatic heterocycles. The van der Waals surface area contributed by atoms with Crippen molar-refractivity contribution in [2.24, 2.45) is 17.3 Å². The zero-order chi connectivity index (χ0) is 85.3. The van der Waals surface area contributed by atoms with E-state index in [4.69, 9.17) is 22.6 Å². The third-order valence-corrected chi connectivity index (χ3v) is 23.6. The molecule has 2 aliphatic carbocycles. The standard InChI is InChI=1S/C20H20FN5O.C20H23N5O.C19H19N5O.C18H18N6O.C17H17N5O/c21-13-9-16-19(22-11-13)24-25-20(16)23-14-6-7-15-17(26-27-18(15)10-14)8-12-4-2-1-3-5-12;1-20(2,3)10-4-6-15-14-9-8-13(12-17(14)26-25-15)22-19-18-16(23-24-19)7-5-11-21-18;1-3-12(4-1)6-9-15-14-8-7-13(11-17(14)25-24-15)21-19-18-16(22-23-19)5-2-10-20-18;1-2-9-24(8-1)11-15-13-6-5-12(10-16(13)25-23-15)20-18-17-14(21-22-18)4-3-7-19-17;1-2-3-5-13-12-8-7-11(10-15(12)23-22-13)19-17-16-14(20-21-17)6-4-9-18-16/h6-7,9-12H,1-5,8H2,(H2,22,23,24,25);5,7-9,11-12H,4,6,10H2,1-3H3,(H2,22,23,24);2,5,7-8,10-12H,1,3-4,6,9H2,(H2,21,22,23);3-7,10H,1-2,8-9,11H2,(H2,20,21,22);4,6-10H,2-3,5H2,1H3,(H2,19,20,21). The summed E-state index contributed by atoms with van der Waals surface area (Å²) in [6.45, 7) is 12.1. The molecule has 5 aromatic carbocycles. The van der Waals surface area contributed by atoms with Crippen LogP contribution >= 0.6 is 0 Å². The van der Waals surface area contributed by atoms with Crippen LogP contribution in [0.15, 0.2) is 199 Å². The molecule has 23 rings (SSSR count). The number of likely N-dealkylation sites (tertiary alicyclic amines) is 1. The van der Waals surface area contributed by atoms with Gasteiger partial charge in [-0.1, -0.05) is 111 Å². The van der Waals surface area contributed by atoms with E-state index in [1.807, 2.05) is 121 Å². The quantitative estimate of drug-likeness (QED) is 0.0284. The smallest absolute Gasteiger partial charge is 0.183 e. The van der Waals surface area contributed by atoms with Gasteiger partial charge in [0.15, 0.2) is 56.8 Å². The topological polar surface area (TPSA) is 401 Å². The molecule has 32 heteroatoms. The lowest BCUT2D eigenvalue weighted by atomic mass is 9.82. The number of fused-ring (bicyclic) bond motifs is 10. The number of pyridine rings is 5. The zero-order valence-electron chi connectivity index (χ0n) is 70.5. The number of benzene rings is 5. The molecule has 0 atom stereocenters. The number of anilines is 10. The molecule has 20 aromatic rings. The Kier molecular flexibility index (Phi) is 23.7. The molecule has 0 bridgehead atoms. The fourth-order valence-electron chi connectivity index (χ4n) is 16.6. The molecule has 0 amide bonds. The Bertz CT molecular complexity index is 7110. The molecule has 31 nitrogen and oxygen atoms in total. The maximum Gasteiger partial charge on any atom is 0.183 e. The predicted molar refractivity (Wildman–Crippen MR) is 487 cm³/mol. The number of rotatable bonds is 23. The molecule has 3 fully saturated rings. The number of nitrogens with zero attached hydrogens (tertiary/aromatic N) is 16. The summed E-state index contributed by atoms with van der Waals surface area (Å²) in [7, 11) is 0. The summed E-state index contributed by atoms with van der Waals surface area (Å²) in [5.74, 6) is 4.60. The van der Waals surface area contributed by atoms with Gasteiger partial charge in [0.1, 0.15) is 39.4 Å². The molecule has 0 unspecified atom stereocenters. The summed E-state index contributed by atoms with van der Waals surface area (Å²) < 4.78 is 41.1. The van der Waals surface area contributed by atoms with E-state index in [2.05, 4.69) is 179 Å². The van der Waals surface area contributed by atoms with Crippen LogP contribution in [0.5, 0.6) is 0 Å². The first-order chi connectivity index (χ1) is 61.8. The second kappa shape index (κ2) is 36.9. The molecule has 10 N–H and O–H groups in total. The van der Waals surface area contributed by atoms with E-state index in [0.717, 1.165) is 233 Å². The van der Waals surface area contributed by atoms with Crippen LogP contribution in [-0.2, 0) is 32.2 Å². The van der Waals surface area contributed by atoms with Crippen LogP contribution in [0.3, 0.4) is 0 Å². The summed E-state index contributed by atoms with van der Waals surface area (Å²) in [6, 6.07) is 46.8. The van der Waals surface area contributed by atoms with Crippen LogP contribution in [0.25, 0.3) is 110 Å². The van der Waals surface area contributed by atoms with E-state index in [0.29, 0.717) is 51.5 Å². The first-order valence-corrected chi connectivity index (χ1v) is 43.5. The van der Waals surface area contributed by atoms with Crippen molar-refractivity contribution in [1.29, 1.82) is 0 Å². The van der Waals surface area contributed by atoms with Gasteiger partial charge >= 0.3 is 0 Å². The Morgan fingerprint density at radius 3 is 1.22 bits per heavy atom. The fourth-order valence-corrected chi connectivity index (χ4v) is 16.6. The Hall–Kier alpha value is -14.6. The molecule has 1 saturated heterocycles. The van der Waals surface area contributed by atoms with Gasteiger partial charge in [-0.2, -0.15) is 25.5 Å². The van der Waals surface area contributed by atoms with E-state index in [9.17, 15) is 4.39 Å². The van der Waals surface area contributed by atoms with Gasteiger partial charge in [-0.05, 0) is 210 Å². The lowest BCUT2D eigenvalue weighted by molar-refractivity contribution is 0.294. The van der Waals surface area contributed by atoms with Crippen LogP contribution < -0.4 is 26.6 Å². The molecular weight excluding hydrogens is 1590 g/mol. The molecule has 16 heterocycles. The van der Waals surface area contributed by atoms with Crippen LogP contribution in [0.2, 0.25) is 0 Å². The van der Waals surface area contributed by atoms with Crippen LogP contribution in [-0.4, -0.2) is 120 Å². The average Bonchev–Trinajstić information content (AvgIpc) is 1.66. The van der Waals surface area contributed by atoms with Crippen molar-refractivity contribution in [2.75, 3.05) is 39.7 Å². The van der Waals surface area contributed by atoms with Crippen molar-refractivity contribution in [3.05, 3.63) is 211 Å². The molecule has 1 aliphatic heterocycles. The largest absolute Gasteiger partial charge is 0.356 e. The number of unbranched alkanes of at least 4 members (excludes halogenated alkanes) is 1. The molecule has 2 saturated carbocycles. The van der Waals surface area contributed by atoms with Crippen molar-refractivity contribution in [3.8, 4) is 0 Å². The Morgan fingerprint density at radius 1 is 0.397 bits per heavy atom. The van der Waals surface area contributed by atoms with Crippen molar-refractivity contribution >= 4 is 168 Å². The lowest BCUT2D eigenvalue weighted by Gasteiger charge is -2.24. The summed E-state index contributed by atoms with van der Waals surface area (Å²) in [4.78, 5) is 23.8. The highest BCUT2D eigenvalue weighted by Crippen LogP contribution is 2.38. The van der Waals surface area contributed by atoms with E-state index >= 15 is 0 Å². The number of hydrogen-bond acceptors (Lipinski definition) is 26. The Morgan fingerprint density at radius 2 is 0.794 bits per heavy atom. The van der Waals surface area contributed by atoms with Gasteiger partial charge in [0.25, 0.3) is 0 Å². The van der Waals surface area contributed by atoms with Gasteiger partial charge in [-0.15, -0.1) is 0 Å². The molecular formula is C94H97FN26O5. The maximum atomic E-state index is 13.5. The number of aryl methyl sites for hydroxylation is 3. The predicted octanol–water partition coefficient (Wildman–Crippen LogP) is 22.5. The van der Waals surface area contributed by atoms with Crippen molar-refractivity contribution in [2.45, 2.75) is 156 Å². The highest BCUT2D eigenvalue weighted by Gasteiger charge is 2.24. The number of aromatic amines is 5. The van der Waals surface area contributed by atoms with Gasteiger partial charge in [0, 0.05) is 117 Å². The minimum atomic E-state index is -0.398. The number of hydrogen-bond donors (Lipinski definition) is 10. The minimum absolute atomic E-state index is 0.344. The van der Waals surface area contributed by atoms with E-state index in [1.54, 1.807) is 24.8 Å². The highest BCUT2D eigenvalue weighted by molar-refractivity contribution is 5.95. The number of halogens is 1. The summed E-state index contributed by atoms with van der Waals surface area (Å²) in [5, 5.41) is 79.7. The van der Waals surface area contributed by atoms with E-state index in [1.165, 1.54) is 83.1 Å².